The number of amides is 1. The Balaban J connectivity index is 1.93. The molecule has 0 unspecified atom stereocenters. The van der Waals surface area contributed by atoms with Crippen LogP contribution in [0.25, 0.3) is 0 Å². The maximum absolute atomic E-state index is 13.4. The molecule has 1 saturated heterocycles. The molecule has 1 fully saturated rings. The van der Waals surface area contributed by atoms with Crippen LogP contribution in [0.1, 0.15) is 12.0 Å². The predicted molar refractivity (Wildman–Crippen MR) is 64.2 cm³/mol. The first kappa shape index (κ1) is 12.0. The molecule has 1 aliphatic heterocycles. The molecule has 1 amide bonds. The molecule has 0 spiro atoms. The lowest BCUT2D eigenvalue weighted by Crippen LogP contribution is -2.34. The molecular formula is C13H17FN2O. The van der Waals surface area contributed by atoms with Crippen molar-refractivity contribution in [1.82, 2.24) is 10.2 Å². The number of hydrogen-bond acceptors (Lipinski definition) is 2. The molecule has 1 N–H and O–H groups in total. The second-order valence-corrected chi connectivity index (χ2v) is 4.22. The molecule has 0 saturated carbocycles. The zero-order valence-electron chi connectivity index (χ0n) is 9.79. The Morgan fingerprint density at radius 1 is 1.29 bits per heavy atom. The lowest BCUT2D eigenvalue weighted by molar-refractivity contribution is -0.130. The van der Waals surface area contributed by atoms with Crippen LogP contribution in [0.15, 0.2) is 24.3 Å². The van der Waals surface area contributed by atoms with Gasteiger partial charge < -0.3 is 10.2 Å². The predicted octanol–water partition coefficient (Wildman–Crippen LogP) is 1.19. The number of nitrogens with one attached hydrogen (secondary N) is 1. The van der Waals surface area contributed by atoms with E-state index in [-0.39, 0.29) is 11.7 Å². The molecule has 4 heteroatoms. The Hall–Kier alpha value is -1.42. The number of carbonyl (C=O) groups is 1. The third-order valence-electron chi connectivity index (χ3n) is 3.04. The Bertz CT molecular complexity index is 395. The summed E-state index contributed by atoms with van der Waals surface area (Å²) in [6.07, 6.45) is 1.12. The van der Waals surface area contributed by atoms with Gasteiger partial charge >= 0.3 is 0 Å². The number of nitrogens with zero attached hydrogens (tertiary/aromatic N) is 1. The molecule has 0 aliphatic carbocycles. The van der Waals surface area contributed by atoms with Gasteiger partial charge in [-0.1, -0.05) is 18.2 Å². The fourth-order valence-corrected chi connectivity index (χ4v) is 2.01. The van der Waals surface area contributed by atoms with Crippen molar-refractivity contribution in [3.05, 3.63) is 35.6 Å². The van der Waals surface area contributed by atoms with Gasteiger partial charge in [-0.3, -0.25) is 4.79 Å². The van der Waals surface area contributed by atoms with Crippen molar-refractivity contribution in [1.29, 1.82) is 0 Å². The van der Waals surface area contributed by atoms with Gasteiger partial charge in [0.05, 0.1) is 0 Å². The van der Waals surface area contributed by atoms with Gasteiger partial charge in [-0.2, -0.15) is 0 Å². The van der Waals surface area contributed by atoms with Crippen molar-refractivity contribution in [3.63, 3.8) is 0 Å². The molecule has 2 rings (SSSR count). The zero-order valence-corrected chi connectivity index (χ0v) is 9.79. The monoisotopic (exact) mass is 236 g/mol. The standard InChI is InChI=1S/C13H17FN2O/c14-12-4-2-1-3-11(12)6-9-16-10-8-15-7-5-13(16)17/h1-4,15H,5-10H2. The SMILES string of the molecule is O=C1CCNCCN1CCc1ccccc1F. The zero-order chi connectivity index (χ0) is 12.1. The van der Waals surface area contributed by atoms with E-state index in [1.807, 2.05) is 11.0 Å². The smallest absolute Gasteiger partial charge is 0.223 e. The molecule has 1 heterocycles. The average Bonchev–Trinajstić information content (AvgIpc) is 2.53. The van der Waals surface area contributed by atoms with Gasteiger partial charge in [0.1, 0.15) is 5.82 Å². The second kappa shape index (κ2) is 5.77. The van der Waals surface area contributed by atoms with Crippen molar-refractivity contribution in [2.24, 2.45) is 0 Å². The molecular weight excluding hydrogens is 219 g/mol. The van der Waals surface area contributed by atoms with Crippen LogP contribution in [0, 0.1) is 5.82 Å². The van der Waals surface area contributed by atoms with Crippen LogP contribution in [0.5, 0.6) is 0 Å². The van der Waals surface area contributed by atoms with Gasteiger partial charge in [0, 0.05) is 32.6 Å². The molecule has 0 aromatic heterocycles. The first-order valence-electron chi connectivity index (χ1n) is 5.99. The Kier molecular flexibility index (Phi) is 4.09. The van der Waals surface area contributed by atoms with Gasteiger partial charge in [0.25, 0.3) is 0 Å². The minimum absolute atomic E-state index is 0.159. The Morgan fingerprint density at radius 2 is 2.12 bits per heavy atom. The minimum atomic E-state index is -0.187. The largest absolute Gasteiger partial charge is 0.341 e. The molecule has 0 bridgehead atoms. The highest BCUT2D eigenvalue weighted by atomic mass is 19.1. The van der Waals surface area contributed by atoms with Gasteiger partial charge in [-0.25, -0.2) is 4.39 Å². The lowest BCUT2D eigenvalue weighted by atomic mass is 10.1. The molecule has 3 nitrogen and oxygen atoms in total. The van der Waals surface area contributed by atoms with Crippen molar-refractivity contribution in [3.8, 4) is 0 Å². The van der Waals surface area contributed by atoms with Crippen LogP contribution in [0.2, 0.25) is 0 Å². The summed E-state index contributed by atoms with van der Waals surface area (Å²) in [6, 6.07) is 6.74. The summed E-state index contributed by atoms with van der Waals surface area (Å²) in [4.78, 5) is 13.5. The number of hydrogen-bond donors (Lipinski definition) is 1. The quantitative estimate of drug-likeness (QED) is 0.855. The first-order chi connectivity index (χ1) is 8.27. The maximum atomic E-state index is 13.4. The molecule has 1 aromatic carbocycles. The summed E-state index contributed by atoms with van der Waals surface area (Å²) in [5.41, 5.74) is 0.678. The topological polar surface area (TPSA) is 32.3 Å². The van der Waals surface area contributed by atoms with Gasteiger partial charge in [0.15, 0.2) is 0 Å². The van der Waals surface area contributed by atoms with Crippen LogP contribution in [0.3, 0.4) is 0 Å². The number of carbonyl (C=O) groups excluding carboxylic acids is 1. The van der Waals surface area contributed by atoms with E-state index < -0.39 is 0 Å². The minimum Gasteiger partial charge on any atom is -0.341 e. The van der Waals surface area contributed by atoms with Crippen LogP contribution < -0.4 is 5.32 Å². The summed E-state index contributed by atoms with van der Waals surface area (Å²) in [5, 5.41) is 3.18. The Labute approximate surface area is 101 Å². The van der Waals surface area contributed by atoms with Gasteiger partial charge in [-0.15, -0.1) is 0 Å². The van der Waals surface area contributed by atoms with Crippen molar-refractivity contribution in [2.45, 2.75) is 12.8 Å². The normalized spacial score (nSPS) is 17.0. The fraction of sp³-hybridized carbons (Fsp3) is 0.462. The molecule has 0 radical (unpaired) electrons. The Morgan fingerprint density at radius 3 is 2.94 bits per heavy atom. The first-order valence-corrected chi connectivity index (χ1v) is 5.99. The van der Waals surface area contributed by atoms with E-state index in [1.165, 1.54) is 6.07 Å². The average molecular weight is 236 g/mol. The van der Waals surface area contributed by atoms with Crippen LogP contribution >= 0.6 is 0 Å². The van der Waals surface area contributed by atoms with Crippen molar-refractivity contribution < 1.29 is 9.18 Å². The third-order valence-corrected chi connectivity index (χ3v) is 3.04. The summed E-state index contributed by atoms with van der Waals surface area (Å²) in [5.74, 6) is -0.0285. The van der Waals surface area contributed by atoms with Crippen LogP contribution in [-0.2, 0) is 11.2 Å². The number of rotatable bonds is 3. The summed E-state index contributed by atoms with van der Waals surface area (Å²) in [6.45, 7) is 2.88. The highest BCUT2D eigenvalue weighted by molar-refractivity contribution is 5.76. The van der Waals surface area contributed by atoms with Crippen LogP contribution in [-0.4, -0.2) is 37.0 Å². The second-order valence-electron chi connectivity index (χ2n) is 4.22. The van der Waals surface area contributed by atoms with E-state index in [4.69, 9.17) is 0 Å². The van der Waals surface area contributed by atoms with Crippen LogP contribution in [0.4, 0.5) is 4.39 Å². The molecule has 17 heavy (non-hydrogen) atoms. The van der Waals surface area contributed by atoms with E-state index in [0.29, 0.717) is 31.5 Å². The lowest BCUT2D eigenvalue weighted by Gasteiger charge is -2.20. The van der Waals surface area contributed by atoms with E-state index in [2.05, 4.69) is 5.32 Å². The van der Waals surface area contributed by atoms with E-state index >= 15 is 0 Å². The molecule has 92 valence electrons. The highest BCUT2D eigenvalue weighted by Crippen LogP contribution is 2.08. The molecule has 1 aromatic rings. The van der Waals surface area contributed by atoms with E-state index in [9.17, 15) is 9.18 Å². The van der Waals surface area contributed by atoms with E-state index in [0.717, 1.165) is 13.1 Å². The van der Waals surface area contributed by atoms with Crippen molar-refractivity contribution in [2.75, 3.05) is 26.2 Å². The summed E-state index contributed by atoms with van der Waals surface area (Å²) < 4.78 is 13.4. The maximum Gasteiger partial charge on any atom is 0.223 e. The molecule has 0 atom stereocenters. The fourth-order valence-electron chi connectivity index (χ4n) is 2.01. The van der Waals surface area contributed by atoms with E-state index in [1.54, 1.807) is 12.1 Å². The number of benzene rings is 1. The van der Waals surface area contributed by atoms with Gasteiger partial charge in [-0.05, 0) is 18.1 Å². The van der Waals surface area contributed by atoms with Crippen molar-refractivity contribution >= 4 is 5.91 Å². The summed E-state index contributed by atoms with van der Waals surface area (Å²) >= 11 is 0. The summed E-state index contributed by atoms with van der Waals surface area (Å²) in [7, 11) is 0. The highest BCUT2D eigenvalue weighted by Gasteiger charge is 2.16. The third kappa shape index (κ3) is 3.27. The van der Waals surface area contributed by atoms with Gasteiger partial charge in [0.2, 0.25) is 5.91 Å². The number of halogens is 1. The molecule has 1 aliphatic rings.